The zero-order valence-corrected chi connectivity index (χ0v) is 26.7. The van der Waals surface area contributed by atoms with Gasteiger partial charge in [0.25, 0.3) is 0 Å². The molecule has 7 heteroatoms. The molecule has 8 atom stereocenters. The van der Waals surface area contributed by atoms with E-state index in [1.165, 1.54) is 0 Å². The monoisotopic (exact) mass is 580 g/mol. The smallest absolute Gasteiger partial charge is 0.333 e. The molecule has 0 bridgehead atoms. The van der Waals surface area contributed by atoms with Crippen molar-refractivity contribution in [3.8, 4) is 0 Å². The van der Waals surface area contributed by atoms with Gasteiger partial charge in [-0.3, -0.25) is 4.79 Å². The molecule has 0 amide bonds. The molecule has 0 aromatic heterocycles. The number of carboxylic acids is 1. The van der Waals surface area contributed by atoms with E-state index in [9.17, 15) is 24.9 Å². The number of ether oxygens (including phenoxy) is 1. The Labute approximate surface area is 249 Å². The number of hydrogen-bond acceptors (Lipinski definition) is 6. The van der Waals surface area contributed by atoms with Crippen LogP contribution in [-0.4, -0.2) is 56.8 Å². The highest BCUT2D eigenvalue weighted by atomic mass is 16.5. The molecular weight excluding hydrogens is 520 g/mol. The fourth-order valence-electron chi connectivity index (χ4n) is 5.85. The summed E-state index contributed by atoms with van der Waals surface area (Å²) in [5.41, 5.74) is 1.32. The van der Waals surface area contributed by atoms with Gasteiger partial charge in [0.05, 0.1) is 18.3 Å². The van der Waals surface area contributed by atoms with Crippen LogP contribution in [0, 0.1) is 23.7 Å². The largest absolute Gasteiger partial charge is 0.481 e. The summed E-state index contributed by atoms with van der Waals surface area (Å²) in [5, 5.41) is 40.7. The van der Waals surface area contributed by atoms with Crippen LogP contribution >= 0.6 is 0 Å². The first kappa shape index (κ1) is 37.3. The predicted octanol–water partition coefficient (Wildman–Crippen LogP) is 6.98. The van der Waals surface area contributed by atoms with Gasteiger partial charge in [-0.15, -0.1) is 0 Å². The fourth-order valence-corrected chi connectivity index (χ4v) is 5.85. The Morgan fingerprint density at radius 3 is 2.20 bits per heavy atom. The molecule has 1 rings (SSSR count). The minimum atomic E-state index is -0.860. The van der Waals surface area contributed by atoms with Crippen molar-refractivity contribution in [1.29, 1.82) is 0 Å². The molecule has 1 aliphatic heterocycles. The molecule has 0 aromatic rings. The standard InChI is InChI=1S/C34H60O7/c1-23-15-14-17-25(3)33(24(2)16-12-10-8-7-9-11-13-18-32(38)39)41-34(40)26(4)19-20-29(35)28(6)31(37)22-30(36)27(5)21-23/h19,21,23-25,28-31,33,35-37H,7-18,20,22H2,1-6H3,(H,38,39)/b26-19-,27-21-/t23-,24+,25-,28+,29+,30-,31+,33+/m0/s1. The molecule has 0 aliphatic carbocycles. The fraction of sp³-hybridized carbons (Fsp3) is 0.824. The average molecular weight is 581 g/mol. The Hall–Kier alpha value is -1.70. The molecule has 0 aromatic carbocycles. The lowest BCUT2D eigenvalue weighted by atomic mass is 9.85. The van der Waals surface area contributed by atoms with E-state index in [1.54, 1.807) is 19.9 Å². The first-order valence-corrected chi connectivity index (χ1v) is 16.1. The number of carbonyl (C=O) groups is 2. The second-order valence-electron chi connectivity index (χ2n) is 12.9. The Kier molecular flexibility index (Phi) is 18.4. The maximum atomic E-state index is 13.1. The van der Waals surface area contributed by atoms with Gasteiger partial charge in [0, 0.05) is 24.3 Å². The van der Waals surface area contributed by atoms with Crippen molar-refractivity contribution < 1.29 is 34.8 Å². The summed E-state index contributed by atoms with van der Waals surface area (Å²) in [5.74, 6) is -0.812. The zero-order valence-electron chi connectivity index (χ0n) is 26.7. The molecule has 238 valence electrons. The maximum absolute atomic E-state index is 13.1. The van der Waals surface area contributed by atoms with Gasteiger partial charge in [0.2, 0.25) is 0 Å². The van der Waals surface area contributed by atoms with E-state index >= 15 is 0 Å². The Bertz CT molecular complexity index is 820. The van der Waals surface area contributed by atoms with E-state index < -0.39 is 30.2 Å². The second kappa shape index (κ2) is 20.2. The third-order valence-corrected chi connectivity index (χ3v) is 8.97. The Balaban J connectivity index is 2.85. The van der Waals surface area contributed by atoms with E-state index in [0.717, 1.165) is 76.2 Å². The normalized spacial score (nSPS) is 32.9. The molecule has 4 N–H and O–H groups in total. The SMILES string of the molecule is C/C1=C/C[C@@H](O)[C@@H](C)[C@H](O)C[C@H](O)/C(C)=C\[C@@H](C)CCC[C@H](C)[C@@H]([C@H](C)CCCCCCCCCC(=O)O)OC1=O. The van der Waals surface area contributed by atoms with Crippen molar-refractivity contribution >= 4 is 11.9 Å². The third kappa shape index (κ3) is 15.4. The van der Waals surface area contributed by atoms with Gasteiger partial charge < -0.3 is 25.2 Å². The van der Waals surface area contributed by atoms with Crippen LogP contribution in [0.4, 0.5) is 0 Å². The molecule has 0 saturated heterocycles. The molecule has 1 aliphatic rings. The first-order chi connectivity index (χ1) is 19.3. The number of aliphatic hydroxyl groups is 3. The molecule has 0 fully saturated rings. The van der Waals surface area contributed by atoms with Crippen molar-refractivity contribution in [2.75, 3.05) is 0 Å². The minimum Gasteiger partial charge on any atom is -0.481 e. The number of aliphatic carboxylic acids is 1. The molecule has 0 radical (unpaired) electrons. The molecule has 0 spiro atoms. The summed E-state index contributed by atoms with van der Waals surface area (Å²) in [7, 11) is 0. The molecule has 41 heavy (non-hydrogen) atoms. The highest BCUT2D eigenvalue weighted by molar-refractivity contribution is 5.87. The van der Waals surface area contributed by atoms with Crippen molar-refractivity contribution in [2.24, 2.45) is 23.7 Å². The predicted molar refractivity (Wildman–Crippen MR) is 164 cm³/mol. The number of carboxylic acid groups (broad SMARTS) is 1. The van der Waals surface area contributed by atoms with Gasteiger partial charge in [-0.25, -0.2) is 4.79 Å². The molecule has 1 heterocycles. The number of carbonyl (C=O) groups excluding carboxylic acids is 1. The summed E-state index contributed by atoms with van der Waals surface area (Å²) >= 11 is 0. The number of aliphatic hydroxyl groups excluding tert-OH is 3. The lowest BCUT2D eigenvalue weighted by molar-refractivity contribution is -0.150. The minimum absolute atomic E-state index is 0.168. The molecule has 0 saturated carbocycles. The lowest BCUT2D eigenvalue weighted by Crippen LogP contribution is -2.33. The number of allylic oxidation sites excluding steroid dienone is 1. The van der Waals surface area contributed by atoms with E-state index in [0.29, 0.717) is 5.57 Å². The van der Waals surface area contributed by atoms with E-state index in [4.69, 9.17) is 9.84 Å². The van der Waals surface area contributed by atoms with Crippen molar-refractivity contribution in [3.05, 3.63) is 23.3 Å². The van der Waals surface area contributed by atoms with Crippen LogP contribution in [0.2, 0.25) is 0 Å². The Morgan fingerprint density at radius 2 is 1.56 bits per heavy atom. The average Bonchev–Trinajstić information content (AvgIpc) is 2.91. The number of cyclic esters (lactones) is 1. The first-order valence-electron chi connectivity index (χ1n) is 16.1. The van der Waals surface area contributed by atoms with Crippen LogP contribution in [0.1, 0.15) is 131 Å². The van der Waals surface area contributed by atoms with E-state index in [1.807, 2.05) is 6.92 Å². The van der Waals surface area contributed by atoms with Gasteiger partial charge in [-0.1, -0.05) is 84.8 Å². The van der Waals surface area contributed by atoms with Crippen LogP contribution in [0.5, 0.6) is 0 Å². The molecule has 7 nitrogen and oxygen atoms in total. The van der Waals surface area contributed by atoms with Crippen LogP contribution in [0.3, 0.4) is 0 Å². The zero-order chi connectivity index (χ0) is 30.9. The summed E-state index contributed by atoms with van der Waals surface area (Å²) < 4.78 is 6.13. The summed E-state index contributed by atoms with van der Waals surface area (Å²) in [4.78, 5) is 23.7. The highest BCUT2D eigenvalue weighted by Gasteiger charge is 2.29. The van der Waals surface area contributed by atoms with Gasteiger partial charge >= 0.3 is 11.9 Å². The number of esters is 1. The van der Waals surface area contributed by atoms with Gasteiger partial charge in [0.1, 0.15) is 6.10 Å². The lowest BCUT2D eigenvalue weighted by Gasteiger charge is -2.30. The number of hydrogen-bond donors (Lipinski definition) is 4. The van der Waals surface area contributed by atoms with Crippen molar-refractivity contribution in [2.45, 2.75) is 156 Å². The third-order valence-electron chi connectivity index (χ3n) is 8.97. The van der Waals surface area contributed by atoms with Crippen LogP contribution in [0.25, 0.3) is 0 Å². The van der Waals surface area contributed by atoms with Crippen molar-refractivity contribution in [3.63, 3.8) is 0 Å². The van der Waals surface area contributed by atoms with Gasteiger partial charge in [-0.2, -0.15) is 0 Å². The van der Waals surface area contributed by atoms with Gasteiger partial charge in [-0.05, 0) is 69.3 Å². The van der Waals surface area contributed by atoms with Crippen LogP contribution < -0.4 is 0 Å². The molecular formula is C34H60O7. The summed E-state index contributed by atoms with van der Waals surface area (Å²) in [6.07, 6.45) is 12.9. The van der Waals surface area contributed by atoms with E-state index in [2.05, 4.69) is 26.8 Å². The Morgan fingerprint density at radius 1 is 0.951 bits per heavy atom. The van der Waals surface area contributed by atoms with Crippen LogP contribution in [-0.2, 0) is 14.3 Å². The van der Waals surface area contributed by atoms with Gasteiger partial charge in [0.15, 0.2) is 0 Å². The topological polar surface area (TPSA) is 124 Å². The summed E-state index contributed by atoms with van der Waals surface area (Å²) in [6, 6.07) is 0. The molecule has 0 unspecified atom stereocenters. The quantitative estimate of drug-likeness (QED) is 0.118. The number of unbranched alkanes of at least 4 members (excludes halogenated alkanes) is 6. The second-order valence-corrected chi connectivity index (χ2v) is 12.9. The number of rotatable bonds is 11. The van der Waals surface area contributed by atoms with Crippen LogP contribution in [0.15, 0.2) is 23.3 Å². The highest BCUT2D eigenvalue weighted by Crippen LogP contribution is 2.29. The van der Waals surface area contributed by atoms with Crippen molar-refractivity contribution in [1.82, 2.24) is 0 Å². The summed E-state index contributed by atoms with van der Waals surface area (Å²) in [6.45, 7) is 11.9. The van der Waals surface area contributed by atoms with E-state index in [-0.39, 0.29) is 49.1 Å². The maximum Gasteiger partial charge on any atom is 0.333 e.